The minimum absolute atomic E-state index is 0.0771. The molecular weight excluding hydrogens is 182 g/mol. The van der Waals surface area contributed by atoms with Gasteiger partial charge in [0.25, 0.3) is 0 Å². The molecular formula is C10H17NO3. The molecule has 0 aliphatic carbocycles. The minimum atomic E-state index is -0.788. The molecule has 1 fully saturated rings. The molecule has 1 aliphatic rings. The zero-order valence-corrected chi connectivity index (χ0v) is 8.69. The zero-order chi connectivity index (χ0) is 10.7. The molecule has 1 rings (SSSR count). The Balaban J connectivity index is 2.54. The average molecular weight is 199 g/mol. The third-order valence-corrected chi connectivity index (χ3v) is 2.75. The molecule has 4 heteroatoms. The van der Waals surface area contributed by atoms with Crippen molar-refractivity contribution in [3.8, 4) is 0 Å². The first-order chi connectivity index (χ1) is 6.56. The van der Waals surface area contributed by atoms with Crippen LogP contribution in [0.1, 0.15) is 26.7 Å². The molecule has 1 aliphatic heterocycles. The van der Waals surface area contributed by atoms with E-state index in [9.17, 15) is 9.59 Å². The molecule has 2 unspecified atom stereocenters. The number of carboxylic acids is 1. The molecule has 80 valence electrons. The molecule has 1 saturated heterocycles. The molecule has 0 saturated carbocycles. The third-order valence-electron chi connectivity index (χ3n) is 2.75. The van der Waals surface area contributed by atoms with Crippen molar-refractivity contribution in [3.05, 3.63) is 0 Å². The van der Waals surface area contributed by atoms with Gasteiger partial charge in [-0.1, -0.05) is 13.8 Å². The van der Waals surface area contributed by atoms with Gasteiger partial charge in [0.2, 0.25) is 5.91 Å². The highest BCUT2D eigenvalue weighted by molar-refractivity contribution is 5.78. The summed E-state index contributed by atoms with van der Waals surface area (Å²) >= 11 is 0. The van der Waals surface area contributed by atoms with Crippen LogP contribution in [0, 0.1) is 11.8 Å². The van der Waals surface area contributed by atoms with Crippen LogP contribution in [0.4, 0.5) is 0 Å². The van der Waals surface area contributed by atoms with Gasteiger partial charge in [-0.15, -0.1) is 0 Å². The van der Waals surface area contributed by atoms with E-state index >= 15 is 0 Å². The highest BCUT2D eigenvalue weighted by Crippen LogP contribution is 2.23. The summed E-state index contributed by atoms with van der Waals surface area (Å²) < 4.78 is 0. The largest absolute Gasteiger partial charge is 0.481 e. The van der Waals surface area contributed by atoms with Crippen molar-refractivity contribution in [2.45, 2.75) is 26.7 Å². The van der Waals surface area contributed by atoms with E-state index in [1.54, 1.807) is 4.90 Å². The van der Waals surface area contributed by atoms with Gasteiger partial charge in [-0.05, 0) is 12.3 Å². The first-order valence-electron chi connectivity index (χ1n) is 5.06. The summed E-state index contributed by atoms with van der Waals surface area (Å²) in [5.74, 6) is -1.00. The lowest BCUT2D eigenvalue weighted by Crippen LogP contribution is -2.29. The number of nitrogens with zero attached hydrogens (tertiary/aromatic N) is 1. The van der Waals surface area contributed by atoms with Gasteiger partial charge in [0.05, 0.1) is 5.92 Å². The van der Waals surface area contributed by atoms with Crippen LogP contribution in [0.2, 0.25) is 0 Å². The van der Waals surface area contributed by atoms with Gasteiger partial charge in [-0.3, -0.25) is 9.59 Å². The molecule has 1 N–H and O–H groups in total. The second kappa shape index (κ2) is 4.44. The topological polar surface area (TPSA) is 57.6 Å². The van der Waals surface area contributed by atoms with Gasteiger partial charge in [-0.2, -0.15) is 0 Å². The Hall–Kier alpha value is -1.06. The van der Waals surface area contributed by atoms with Gasteiger partial charge in [0.15, 0.2) is 0 Å². The van der Waals surface area contributed by atoms with Crippen LogP contribution in [0.5, 0.6) is 0 Å². The first kappa shape index (κ1) is 11.0. The summed E-state index contributed by atoms with van der Waals surface area (Å²) in [6.07, 6.45) is 1.35. The van der Waals surface area contributed by atoms with Crippen molar-refractivity contribution in [1.29, 1.82) is 0 Å². The summed E-state index contributed by atoms with van der Waals surface area (Å²) in [6.45, 7) is 4.81. The molecule has 0 bridgehead atoms. The monoisotopic (exact) mass is 199 g/mol. The number of carbonyl (C=O) groups excluding carboxylic acids is 1. The van der Waals surface area contributed by atoms with Gasteiger partial charge >= 0.3 is 5.97 Å². The van der Waals surface area contributed by atoms with Crippen LogP contribution in [0.3, 0.4) is 0 Å². The summed E-state index contributed by atoms with van der Waals surface area (Å²) in [7, 11) is 0. The van der Waals surface area contributed by atoms with Gasteiger partial charge in [0, 0.05) is 19.5 Å². The van der Waals surface area contributed by atoms with Crippen LogP contribution in [0.15, 0.2) is 0 Å². The van der Waals surface area contributed by atoms with E-state index in [-0.39, 0.29) is 17.7 Å². The lowest BCUT2D eigenvalue weighted by molar-refractivity contribution is -0.142. The van der Waals surface area contributed by atoms with E-state index in [0.717, 1.165) is 6.42 Å². The Bertz CT molecular complexity index is 240. The fourth-order valence-electron chi connectivity index (χ4n) is 1.86. The Labute approximate surface area is 83.9 Å². The van der Waals surface area contributed by atoms with E-state index in [4.69, 9.17) is 5.11 Å². The summed E-state index contributed by atoms with van der Waals surface area (Å²) in [5.41, 5.74) is 0. The number of rotatable bonds is 3. The number of carboxylic acid groups (broad SMARTS) is 1. The van der Waals surface area contributed by atoms with Crippen LogP contribution < -0.4 is 0 Å². The molecule has 0 aromatic rings. The lowest BCUT2D eigenvalue weighted by Gasteiger charge is -2.14. The molecule has 0 radical (unpaired) electrons. The van der Waals surface area contributed by atoms with E-state index < -0.39 is 5.97 Å². The number of hydrogen-bond donors (Lipinski definition) is 1. The predicted molar refractivity (Wildman–Crippen MR) is 51.8 cm³/mol. The number of aliphatic carboxylic acids is 1. The van der Waals surface area contributed by atoms with E-state index in [0.29, 0.717) is 19.5 Å². The van der Waals surface area contributed by atoms with Crippen LogP contribution >= 0.6 is 0 Å². The van der Waals surface area contributed by atoms with Crippen molar-refractivity contribution in [2.75, 3.05) is 13.1 Å². The van der Waals surface area contributed by atoms with E-state index in [1.165, 1.54) is 0 Å². The Morgan fingerprint density at radius 2 is 2.07 bits per heavy atom. The number of hydrogen-bond acceptors (Lipinski definition) is 2. The normalized spacial score (nSPS) is 26.6. The summed E-state index contributed by atoms with van der Waals surface area (Å²) in [5, 5.41) is 8.88. The molecule has 14 heavy (non-hydrogen) atoms. The first-order valence-corrected chi connectivity index (χ1v) is 5.06. The van der Waals surface area contributed by atoms with E-state index in [1.807, 2.05) is 13.8 Å². The van der Waals surface area contributed by atoms with Crippen molar-refractivity contribution in [1.82, 2.24) is 4.90 Å². The second-order valence-corrected chi connectivity index (χ2v) is 3.97. The van der Waals surface area contributed by atoms with Crippen LogP contribution in [-0.4, -0.2) is 35.0 Å². The Morgan fingerprint density at radius 1 is 1.43 bits per heavy atom. The van der Waals surface area contributed by atoms with E-state index in [2.05, 4.69) is 0 Å². The quantitative estimate of drug-likeness (QED) is 0.736. The molecule has 1 heterocycles. The molecule has 2 atom stereocenters. The minimum Gasteiger partial charge on any atom is -0.481 e. The highest BCUT2D eigenvalue weighted by Gasteiger charge is 2.36. The summed E-state index contributed by atoms with van der Waals surface area (Å²) in [6, 6.07) is 0. The van der Waals surface area contributed by atoms with Gasteiger partial charge in [0.1, 0.15) is 0 Å². The number of carbonyl (C=O) groups is 2. The second-order valence-electron chi connectivity index (χ2n) is 3.97. The van der Waals surface area contributed by atoms with Crippen molar-refractivity contribution in [2.24, 2.45) is 11.8 Å². The molecule has 0 spiro atoms. The van der Waals surface area contributed by atoms with Crippen molar-refractivity contribution in [3.63, 3.8) is 0 Å². The lowest BCUT2D eigenvalue weighted by atomic mass is 9.99. The Morgan fingerprint density at radius 3 is 2.50 bits per heavy atom. The molecule has 0 aromatic heterocycles. The molecule has 0 aromatic carbocycles. The van der Waals surface area contributed by atoms with Crippen molar-refractivity contribution < 1.29 is 14.7 Å². The summed E-state index contributed by atoms with van der Waals surface area (Å²) in [4.78, 5) is 24.0. The number of likely N-dealkylation sites (tertiary alicyclic amines) is 1. The van der Waals surface area contributed by atoms with Crippen LogP contribution in [0.25, 0.3) is 0 Å². The highest BCUT2D eigenvalue weighted by atomic mass is 16.4. The molecule has 4 nitrogen and oxygen atoms in total. The standard InChI is InChI=1S/C10H17NO3/c1-3-4-9(12)11-5-7(2)8(6-11)10(13)14/h7-8H,3-6H2,1-2H3,(H,13,14). The van der Waals surface area contributed by atoms with Crippen molar-refractivity contribution >= 4 is 11.9 Å². The maximum Gasteiger partial charge on any atom is 0.308 e. The SMILES string of the molecule is CCCC(=O)N1CC(C)C(C(=O)O)C1. The van der Waals surface area contributed by atoms with Gasteiger partial charge in [-0.25, -0.2) is 0 Å². The van der Waals surface area contributed by atoms with Gasteiger partial charge < -0.3 is 10.0 Å². The Kier molecular flexibility index (Phi) is 3.49. The number of amides is 1. The third kappa shape index (κ3) is 2.25. The molecule has 1 amide bonds. The fraction of sp³-hybridized carbons (Fsp3) is 0.800. The average Bonchev–Trinajstić information content (AvgIpc) is 2.48. The van der Waals surface area contributed by atoms with Crippen LogP contribution in [-0.2, 0) is 9.59 Å². The predicted octanol–water partition coefficient (Wildman–Crippen LogP) is 0.966. The maximum atomic E-state index is 11.5. The maximum absolute atomic E-state index is 11.5. The fourth-order valence-corrected chi connectivity index (χ4v) is 1.86. The smallest absolute Gasteiger partial charge is 0.308 e. The zero-order valence-electron chi connectivity index (χ0n) is 8.69.